The lowest BCUT2D eigenvalue weighted by atomic mass is 9.87. The molecule has 2 aromatic carbocycles. The highest BCUT2D eigenvalue weighted by molar-refractivity contribution is 6.09. The number of carbonyl (C=O) groups is 3. The van der Waals surface area contributed by atoms with Gasteiger partial charge in [-0.3, -0.25) is 9.69 Å². The summed E-state index contributed by atoms with van der Waals surface area (Å²) in [4.78, 5) is 36.8. The minimum Gasteiger partial charge on any atom is -0.545 e. The van der Waals surface area contributed by atoms with Crippen molar-refractivity contribution in [3.8, 4) is 0 Å². The molecular weight excluding hydrogens is 468 g/mol. The Hall–Kier alpha value is -3.57. The van der Waals surface area contributed by atoms with E-state index >= 15 is 0 Å². The third-order valence-electron chi connectivity index (χ3n) is 5.76. The smallest absolute Gasteiger partial charge is 0.268 e. The van der Waals surface area contributed by atoms with Crippen molar-refractivity contribution in [3.05, 3.63) is 77.9 Å². The molecule has 0 aliphatic carbocycles. The largest absolute Gasteiger partial charge is 0.545 e. The molecule has 0 aromatic heterocycles. The van der Waals surface area contributed by atoms with Crippen molar-refractivity contribution in [1.29, 1.82) is 0 Å². The van der Waals surface area contributed by atoms with Crippen LogP contribution < -0.4 is 15.1 Å². The number of amides is 1. The van der Waals surface area contributed by atoms with Crippen LogP contribution in [0.5, 0.6) is 0 Å². The molecule has 1 saturated heterocycles. The molecule has 0 saturated carbocycles. The number of rotatable bonds is 8. The molecule has 0 bridgehead atoms. The van der Waals surface area contributed by atoms with Crippen LogP contribution in [-0.4, -0.2) is 74.2 Å². The van der Waals surface area contributed by atoms with Crippen LogP contribution in [0.2, 0.25) is 0 Å². The lowest BCUT2D eigenvalue weighted by Gasteiger charge is -2.31. The second-order valence-electron chi connectivity index (χ2n) is 7.88. The lowest BCUT2D eigenvalue weighted by molar-refractivity contribution is -0.301. The molecular formula is C26H30N2O8-2. The maximum atomic E-state index is 13.7. The number of carboxylic acid groups (broad SMARTS) is 2. The Morgan fingerprint density at radius 3 is 2.14 bits per heavy atom. The van der Waals surface area contributed by atoms with Gasteiger partial charge in [-0.1, -0.05) is 48.5 Å². The van der Waals surface area contributed by atoms with Crippen LogP contribution in [0.25, 0.3) is 0 Å². The number of hydrogen-bond donors (Lipinski definition) is 0. The SMILES string of the molecule is CCOC1(c2ccccc2)C(=O)N(CCN2CCOCC2)c2ccccc21.O.O=C([O-])/C=C\C(=O)[O-]. The summed E-state index contributed by atoms with van der Waals surface area (Å²) in [5, 5.41) is 18.8. The summed E-state index contributed by atoms with van der Waals surface area (Å²) in [6.07, 6.45) is 0.769. The van der Waals surface area contributed by atoms with Crippen LogP contribution in [0.1, 0.15) is 18.1 Å². The van der Waals surface area contributed by atoms with Crippen LogP contribution in [0, 0.1) is 0 Å². The summed E-state index contributed by atoms with van der Waals surface area (Å²) in [6, 6.07) is 17.9. The van der Waals surface area contributed by atoms with E-state index in [0.717, 1.165) is 49.7 Å². The Balaban J connectivity index is 0.000000442. The molecule has 1 amide bonds. The normalized spacial score (nSPS) is 19.2. The molecule has 2 aliphatic rings. The number of carbonyl (C=O) groups excluding carboxylic acids is 3. The number of anilines is 1. The zero-order chi connectivity index (χ0) is 25.3. The number of para-hydroxylation sites is 1. The molecule has 2 aromatic rings. The minimum absolute atomic E-state index is 0. The average molecular weight is 499 g/mol. The van der Waals surface area contributed by atoms with Gasteiger partial charge in [0.2, 0.25) is 0 Å². The van der Waals surface area contributed by atoms with Gasteiger partial charge in [0.25, 0.3) is 5.91 Å². The van der Waals surface area contributed by atoms with Crippen LogP contribution in [-0.2, 0) is 29.5 Å². The number of nitrogens with zero attached hydrogens (tertiary/aromatic N) is 2. The van der Waals surface area contributed by atoms with Gasteiger partial charge in [-0.15, -0.1) is 0 Å². The molecule has 10 nitrogen and oxygen atoms in total. The van der Waals surface area contributed by atoms with E-state index in [1.54, 1.807) is 0 Å². The van der Waals surface area contributed by atoms with Gasteiger partial charge in [0.05, 0.1) is 30.8 Å². The second kappa shape index (κ2) is 13.5. The van der Waals surface area contributed by atoms with Crippen molar-refractivity contribution in [3.63, 3.8) is 0 Å². The Labute approximate surface area is 209 Å². The van der Waals surface area contributed by atoms with Gasteiger partial charge >= 0.3 is 0 Å². The predicted octanol–water partition coefficient (Wildman–Crippen LogP) is -1.14. The maximum absolute atomic E-state index is 13.7. The van der Waals surface area contributed by atoms with Crippen molar-refractivity contribution >= 4 is 23.5 Å². The summed E-state index contributed by atoms with van der Waals surface area (Å²) in [5.41, 5.74) is 1.72. The van der Waals surface area contributed by atoms with E-state index in [-0.39, 0.29) is 11.4 Å². The van der Waals surface area contributed by atoms with E-state index in [9.17, 15) is 24.6 Å². The van der Waals surface area contributed by atoms with Crippen molar-refractivity contribution in [2.24, 2.45) is 0 Å². The molecule has 1 atom stereocenters. The molecule has 2 aliphatic heterocycles. The standard InChI is InChI=1S/C22H26N2O3.C4H4O4.H2O/c1-2-27-22(18-8-4-3-5-9-18)19-10-6-7-11-20(19)24(21(22)25)13-12-23-14-16-26-17-15-23;5-3(6)1-2-4(7)8;/h3-11H,2,12-17H2,1H3;1-2H,(H,5,6)(H,7,8);1H2/p-2/b;2-1-;. The predicted molar refractivity (Wildman–Crippen MR) is 128 cm³/mol. The summed E-state index contributed by atoms with van der Waals surface area (Å²) in [5.74, 6) is -3.09. The van der Waals surface area contributed by atoms with E-state index in [2.05, 4.69) is 4.90 Å². The summed E-state index contributed by atoms with van der Waals surface area (Å²) >= 11 is 0. The second-order valence-corrected chi connectivity index (χ2v) is 7.88. The summed E-state index contributed by atoms with van der Waals surface area (Å²) in [6.45, 7) is 7.24. The van der Waals surface area contributed by atoms with E-state index in [0.29, 0.717) is 25.3 Å². The first-order valence-electron chi connectivity index (χ1n) is 11.4. The van der Waals surface area contributed by atoms with Crippen LogP contribution in [0.15, 0.2) is 66.7 Å². The van der Waals surface area contributed by atoms with E-state index in [1.165, 1.54) is 0 Å². The number of morpholine rings is 1. The first kappa shape index (κ1) is 28.7. The third kappa shape index (κ3) is 6.55. The van der Waals surface area contributed by atoms with Gasteiger partial charge < -0.3 is 39.7 Å². The van der Waals surface area contributed by atoms with Crippen LogP contribution >= 0.6 is 0 Å². The van der Waals surface area contributed by atoms with Crippen molar-refractivity contribution in [2.45, 2.75) is 12.5 Å². The fourth-order valence-corrected chi connectivity index (χ4v) is 4.24. The van der Waals surface area contributed by atoms with Crippen LogP contribution in [0.4, 0.5) is 5.69 Å². The highest BCUT2D eigenvalue weighted by Gasteiger charge is 2.53. The summed E-state index contributed by atoms with van der Waals surface area (Å²) < 4.78 is 11.6. The zero-order valence-electron chi connectivity index (χ0n) is 20.1. The average Bonchev–Trinajstić information content (AvgIpc) is 3.11. The first-order valence-corrected chi connectivity index (χ1v) is 11.4. The first-order chi connectivity index (χ1) is 16.9. The van der Waals surface area contributed by atoms with Gasteiger partial charge in [0.15, 0.2) is 5.60 Å². The van der Waals surface area contributed by atoms with Gasteiger partial charge in [0.1, 0.15) is 0 Å². The number of carboxylic acids is 2. The highest BCUT2D eigenvalue weighted by atomic mass is 16.5. The number of aliphatic carboxylic acids is 2. The fourth-order valence-electron chi connectivity index (χ4n) is 4.24. The van der Waals surface area contributed by atoms with Crippen molar-refractivity contribution in [1.82, 2.24) is 4.90 Å². The topological polar surface area (TPSA) is 154 Å². The van der Waals surface area contributed by atoms with Gasteiger partial charge in [-0.2, -0.15) is 0 Å². The van der Waals surface area contributed by atoms with Gasteiger partial charge in [-0.25, -0.2) is 0 Å². The molecule has 1 fully saturated rings. The molecule has 4 rings (SSSR count). The molecule has 2 heterocycles. The van der Waals surface area contributed by atoms with Gasteiger partial charge in [-0.05, 0) is 30.7 Å². The van der Waals surface area contributed by atoms with Gasteiger partial charge in [0, 0.05) is 38.3 Å². The molecule has 0 radical (unpaired) electrons. The molecule has 0 spiro atoms. The zero-order valence-corrected chi connectivity index (χ0v) is 20.1. The number of fused-ring (bicyclic) bond motifs is 1. The molecule has 36 heavy (non-hydrogen) atoms. The van der Waals surface area contributed by atoms with Crippen molar-refractivity contribution < 1.29 is 39.5 Å². The Bertz CT molecular complexity index is 1040. The third-order valence-corrected chi connectivity index (χ3v) is 5.76. The van der Waals surface area contributed by atoms with E-state index < -0.39 is 17.5 Å². The highest BCUT2D eigenvalue weighted by Crippen LogP contribution is 2.46. The Morgan fingerprint density at radius 1 is 0.972 bits per heavy atom. The maximum Gasteiger partial charge on any atom is 0.268 e. The summed E-state index contributed by atoms with van der Waals surface area (Å²) in [7, 11) is 0. The monoisotopic (exact) mass is 498 g/mol. The molecule has 1 unspecified atom stereocenters. The Kier molecular flexibility index (Phi) is 10.8. The molecule has 10 heteroatoms. The van der Waals surface area contributed by atoms with E-state index in [1.807, 2.05) is 66.4 Å². The lowest BCUT2D eigenvalue weighted by Crippen LogP contribution is -2.47. The van der Waals surface area contributed by atoms with Crippen molar-refractivity contribution in [2.75, 3.05) is 50.9 Å². The number of benzene rings is 2. The van der Waals surface area contributed by atoms with E-state index in [4.69, 9.17) is 9.47 Å². The fraction of sp³-hybridized carbons (Fsp3) is 0.346. The molecule has 194 valence electrons. The Morgan fingerprint density at radius 2 is 1.56 bits per heavy atom. The number of ether oxygens (including phenoxy) is 2. The quantitative estimate of drug-likeness (QED) is 0.414. The number of hydrogen-bond acceptors (Lipinski definition) is 8. The minimum atomic E-state index is -1.55. The molecule has 2 N–H and O–H groups in total. The van der Waals surface area contributed by atoms with Crippen LogP contribution in [0.3, 0.4) is 0 Å².